The monoisotopic (exact) mass is 210 g/mol. The van der Waals surface area contributed by atoms with Crippen LogP contribution in [0.5, 0.6) is 0 Å². The molecule has 0 aliphatic carbocycles. The van der Waals surface area contributed by atoms with Gasteiger partial charge in [0, 0.05) is 18.2 Å². The number of aromatic amines is 1. The lowest BCUT2D eigenvalue weighted by molar-refractivity contribution is -0.118. The number of nitrogens with two attached hydrogens (primary N) is 1. The molecule has 1 heterocycles. The number of carbonyl (C=O) groups is 2. The zero-order valence-electron chi connectivity index (χ0n) is 8.70. The summed E-state index contributed by atoms with van der Waals surface area (Å²) in [5.74, 6) is -0.693. The molecule has 1 atom stereocenters. The molecule has 15 heavy (non-hydrogen) atoms. The highest BCUT2D eigenvalue weighted by molar-refractivity contribution is 5.95. The molecule has 0 radical (unpaired) electrons. The van der Waals surface area contributed by atoms with Crippen LogP contribution >= 0.6 is 0 Å². The number of hydrogen-bond donors (Lipinski definition) is 3. The first-order valence-corrected chi connectivity index (χ1v) is 4.60. The number of hydrogen-bond acceptors (Lipinski definition) is 3. The number of nitrogens with one attached hydrogen (secondary N) is 2. The maximum Gasteiger partial charge on any atom is 0.254 e. The molecule has 0 aromatic carbocycles. The van der Waals surface area contributed by atoms with Crippen molar-refractivity contribution in [3.05, 3.63) is 17.5 Å². The normalized spacial score (nSPS) is 12.1. The minimum Gasteiger partial charge on any atom is -0.370 e. The van der Waals surface area contributed by atoms with E-state index in [0.29, 0.717) is 11.3 Å². The lowest BCUT2D eigenvalue weighted by Gasteiger charge is -2.11. The first-order chi connectivity index (χ1) is 7.00. The Labute approximate surface area is 87.2 Å². The number of H-pyrrole nitrogens is 1. The van der Waals surface area contributed by atoms with Gasteiger partial charge in [0.05, 0.1) is 11.8 Å². The van der Waals surface area contributed by atoms with Gasteiger partial charge in [-0.25, -0.2) is 0 Å². The number of carbonyl (C=O) groups excluding carboxylic acids is 2. The fourth-order valence-electron chi connectivity index (χ4n) is 1.23. The van der Waals surface area contributed by atoms with Gasteiger partial charge >= 0.3 is 0 Å². The van der Waals surface area contributed by atoms with Gasteiger partial charge in [-0.2, -0.15) is 5.10 Å². The molecule has 0 spiro atoms. The smallest absolute Gasteiger partial charge is 0.254 e. The fourth-order valence-corrected chi connectivity index (χ4v) is 1.23. The van der Waals surface area contributed by atoms with Crippen molar-refractivity contribution in [3.63, 3.8) is 0 Å². The Bertz CT molecular complexity index is 372. The maximum absolute atomic E-state index is 11.6. The van der Waals surface area contributed by atoms with E-state index in [1.54, 1.807) is 13.8 Å². The molecule has 4 N–H and O–H groups in total. The topological polar surface area (TPSA) is 101 Å². The average molecular weight is 210 g/mol. The van der Waals surface area contributed by atoms with Gasteiger partial charge in [0.1, 0.15) is 0 Å². The molecule has 0 saturated heterocycles. The molecule has 0 aliphatic heterocycles. The van der Waals surface area contributed by atoms with E-state index in [1.165, 1.54) is 6.20 Å². The molecule has 0 fully saturated rings. The second-order valence-electron chi connectivity index (χ2n) is 3.45. The highest BCUT2D eigenvalue weighted by Gasteiger charge is 2.14. The quantitative estimate of drug-likeness (QED) is 0.636. The minimum atomic E-state index is -0.438. The van der Waals surface area contributed by atoms with Crippen LogP contribution in [0.25, 0.3) is 0 Å². The summed E-state index contributed by atoms with van der Waals surface area (Å²) >= 11 is 0. The second kappa shape index (κ2) is 4.59. The molecule has 0 aliphatic rings. The third-order valence-electron chi connectivity index (χ3n) is 1.96. The number of aryl methyl sites for hydroxylation is 1. The van der Waals surface area contributed by atoms with Crippen molar-refractivity contribution in [2.24, 2.45) is 5.73 Å². The molecule has 1 aromatic heterocycles. The van der Waals surface area contributed by atoms with E-state index in [4.69, 9.17) is 5.73 Å². The summed E-state index contributed by atoms with van der Waals surface area (Å²) in [6.45, 7) is 3.47. The van der Waals surface area contributed by atoms with Crippen molar-refractivity contribution < 1.29 is 9.59 Å². The Kier molecular flexibility index (Phi) is 3.43. The van der Waals surface area contributed by atoms with Crippen LogP contribution in [0.1, 0.15) is 29.4 Å². The van der Waals surface area contributed by atoms with Gasteiger partial charge in [-0.1, -0.05) is 0 Å². The van der Waals surface area contributed by atoms with Crippen LogP contribution in [-0.4, -0.2) is 28.1 Å². The van der Waals surface area contributed by atoms with E-state index in [0.717, 1.165) is 0 Å². The highest BCUT2D eigenvalue weighted by atomic mass is 16.2. The Morgan fingerprint density at radius 2 is 2.33 bits per heavy atom. The van der Waals surface area contributed by atoms with Crippen molar-refractivity contribution in [2.45, 2.75) is 26.3 Å². The van der Waals surface area contributed by atoms with Crippen LogP contribution in [0.15, 0.2) is 6.20 Å². The molecule has 1 rings (SSSR count). The summed E-state index contributed by atoms with van der Waals surface area (Å²) in [4.78, 5) is 22.2. The summed E-state index contributed by atoms with van der Waals surface area (Å²) < 4.78 is 0. The number of aromatic nitrogens is 2. The zero-order chi connectivity index (χ0) is 11.4. The van der Waals surface area contributed by atoms with Gasteiger partial charge in [-0.15, -0.1) is 0 Å². The van der Waals surface area contributed by atoms with Crippen LogP contribution in [0.3, 0.4) is 0 Å². The Morgan fingerprint density at radius 3 is 2.80 bits per heavy atom. The molecule has 82 valence electrons. The van der Waals surface area contributed by atoms with E-state index in [-0.39, 0.29) is 18.4 Å². The summed E-state index contributed by atoms with van der Waals surface area (Å²) in [6.07, 6.45) is 1.57. The lowest BCUT2D eigenvalue weighted by atomic mass is 10.2. The largest absolute Gasteiger partial charge is 0.370 e. The third-order valence-corrected chi connectivity index (χ3v) is 1.96. The summed E-state index contributed by atoms with van der Waals surface area (Å²) in [5, 5.41) is 9.05. The molecular weight excluding hydrogens is 196 g/mol. The van der Waals surface area contributed by atoms with Crippen molar-refractivity contribution in [1.29, 1.82) is 0 Å². The number of primary amides is 1. The fraction of sp³-hybridized carbons (Fsp3) is 0.444. The molecule has 0 saturated carbocycles. The Hall–Kier alpha value is -1.85. The predicted octanol–water partition coefficient (Wildman–Crippen LogP) is -0.288. The van der Waals surface area contributed by atoms with E-state index in [2.05, 4.69) is 15.5 Å². The maximum atomic E-state index is 11.6. The van der Waals surface area contributed by atoms with Gasteiger partial charge in [0.25, 0.3) is 5.91 Å². The lowest BCUT2D eigenvalue weighted by Crippen LogP contribution is -2.35. The molecule has 1 unspecified atom stereocenters. The van der Waals surface area contributed by atoms with Crippen LogP contribution in [0.2, 0.25) is 0 Å². The molecule has 6 nitrogen and oxygen atoms in total. The van der Waals surface area contributed by atoms with Gasteiger partial charge in [-0.3, -0.25) is 14.7 Å². The van der Waals surface area contributed by atoms with Crippen molar-refractivity contribution >= 4 is 11.8 Å². The summed E-state index contributed by atoms with van der Waals surface area (Å²) in [6, 6.07) is -0.274. The van der Waals surface area contributed by atoms with Crippen LogP contribution < -0.4 is 11.1 Å². The van der Waals surface area contributed by atoms with Gasteiger partial charge in [-0.05, 0) is 13.8 Å². The van der Waals surface area contributed by atoms with E-state index >= 15 is 0 Å². The molecular formula is C9H14N4O2. The van der Waals surface area contributed by atoms with Crippen LogP contribution in [0.4, 0.5) is 0 Å². The van der Waals surface area contributed by atoms with Crippen LogP contribution in [-0.2, 0) is 4.79 Å². The average Bonchev–Trinajstić information content (AvgIpc) is 2.49. The standard InChI is InChI=1S/C9H14N4O2/c1-5(3-8(10)14)12-9(15)7-4-11-13-6(7)2/h4-5H,3H2,1-2H3,(H2,10,14)(H,11,13)(H,12,15). The zero-order valence-corrected chi connectivity index (χ0v) is 8.70. The third kappa shape index (κ3) is 3.08. The van der Waals surface area contributed by atoms with E-state index in [1.807, 2.05) is 0 Å². The second-order valence-corrected chi connectivity index (χ2v) is 3.45. The van der Waals surface area contributed by atoms with Gasteiger partial charge in [0.15, 0.2) is 0 Å². The Balaban J connectivity index is 2.56. The van der Waals surface area contributed by atoms with Crippen LogP contribution in [0, 0.1) is 6.92 Å². The molecule has 0 bridgehead atoms. The molecule has 2 amide bonds. The molecule has 6 heteroatoms. The summed E-state index contributed by atoms with van der Waals surface area (Å²) in [5.41, 5.74) is 6.18. The van der Waals surface area contributed by atoms with Crippen molar-refractivity contribution in [2.75, 3.05) is 0 Å². The SMILES string of the molecule is Cc1[nH]ncc1C(=O)NC(C)CC(N)=O. The van der Waals surface area contributed by atoms with Crippen molar-refractivity contribution in [3.8, 4) is 0 Å². The number of rotatable bonds is 4. The van der Waals surface area contributed by atoms with Gasteiger partial charge in [0.2, 0.25) is 5.91 Å². The predicted molar refractivity (Wildman–Crippen MR) is 54.1 cm³/mol. The van der Waals surface area contributed by atoms with E-state index in [9.17, 15) is 9.59 Å². The minimum absolute atomic E-state index is 0.128. The Morgan fingerprint density at radius 1 is 1.67 bits per heavy atom. The molecule has 1 aromatic rings. The highest BCUT2D eigenvalue weighted by Crippen LogP contribution is 2.03. The van der Waals surface area contributed by atoms with Gasteiger partial charge < -0.3 is 11.1 Å². The van der Waals surface area contributed by atoms with Crippen molar-refractivity contribution in [1.82, 2.24) is 15.5 Å². The number of amides is 2. The first-order valence-electron chi connectivity index (χ1n) is 4.60. The number of nitrogens with zero attached hydrogens (tertiary/aromatic N) is 1. The van der Waals surface area contributed by atoms with E-state index < -0.39 is 5.91 Å². The summed E-state index contributed by atoms with van der Waals surface area (Å²) in [7, 11) is 0. The first kappa shape index (κ1) is 11.2.